The van der Waals surface area contributed by atoms with Crippen molar-refractivity contribution >= 4 is 12.0 Å². The standard InChI is InChI=1S/C11H18N4O4/c1-8(2-3-10(16)17)6-13-11(18)12-5-4-9-14-7-19-15-9/h7-8H,2-6H2,1H3,(H,16,17)(H2,12,13,18). The van der Waals surface area contributed by atoms with Crippen molar-refractivity contribution in [3.05, 3.63) is 12.2 Å². The number of carboxylic acids is 1. The summed E-state index contributed by atoms with van der Waals surface area (Å²) in [6.07, 6.45) is 2.39. The van der Waals surface area contributed by atoms with Crippen LogP contribution >= 0.6 is 0 Å². The summed E-state index contributed by atoms with van der Waals surface area (Å²) >= 11 is 0. The fraction of sp³-hybridized carbons (Fsp3) is 0.636. The van der Waals surface area contributed by atoms with Crippen LogP contribution in [0.25, 0.3) is 0 Å². The van der Waals surface area contributed by atoms with E-state index in [1.165, 1.54) is 6.39 Å². The van der Waals surface area contributed by atoms with Crippen LogP contribution in [0.4, 0.5) is 4.79 Å². The number of hydrogen-bond donors (Lipinski definition) is 3. The molecule has 1 unspecified atom stereocenters. The Labute approximate surface area is 110 Å². The van der Waals surface area contributed by atoms with Gasteiger partial charge in [0.1, 0.15) is 0 Å². The number of rotatable bonds is 8. The monoisotopic (exact) mass is 270 g/mol. The molecule has 106 valence electrons. The maximum atomic E-state index is 11.4. The molecule has 0 radical (unpaired) electrons. The van der Waals surface area contributed by atoms with Gasteiger partial charge < -0.3 is 20.3 Å². The number of carboxylic acid groups (broad SMARTS) is 1. The summed E-state index contributed by atoms with van der Waals surface area (Å²) in [5.41, 5.74) is 0. The van der Waals surface area contributed by atoms with Crippen molar-refractivity contribution < 1.29 is 19.2 Å². The highest BCUT2D eigenvalue weighted by molar-refractivity contribution is 5.73. The van der Waals surface area contributed by atoms with E-state index < -0.39 is 5.97 Å². The van der Waals surface area contributed by atoms with Crippen LogP contribution in [-0.2, 0) is 11.2 Å². The second kappa shape index (κ2) is 8.06. The predicted octanol–water partition coefficient (Wildman–Crippen LogP) is 0.412. The van der Waals surface area contributed by atoms with Crippen LogP contribution in [-0.4, -0.2) is 40.3 Å². The molecule has 0 aliphatic carbocycles. The van der Waals surface area contributed by atoms with Crippen LogP contribution in [0.15, 0.2) is 10.9 Å². The molecule has 0 fully saturated rings. The Morgan fingerprint density at radius 2 is 2.26 bits per heavy atom. The van der Waals surface area contributed by atoms with Gasteiger partial charge in [0.15, 0.2) is 5.82 Å². The first kappa shape index (κ1) is 14.9. The lowest BCUT2D eigenvalue weighted by atomic mass is 10.1. The minimum atomic E-state index is -0.823. The molecule has 1 atom stereocenters. The van der Waals surface area contributed by atoms with E-state index in [2.05, 4.69) is 25.3 Å². The van der Waals surface area contributed by atoms with Crippen molar-refractivity contribution in [3.63, 3.8) is 0 Å². The third-order valence-electron chi connectivity index (χ3n) is 2.50. The number of hydrogen-bond acceptors (Lipinski definition) is 5. The summed E-state index contributed by atoms with van der Waals surface area (Å²) in [5.74, 6) is -0.161. The highest BCUT2D eigenvalue weighted by atomic mass is 16.5. The van der Waals surface area contributed by atoms with Gasteiger partial charge >= 0.3 is 12.0 Å². The van der Waals surface area contributed by atoms with Crippen LogP contribution in [0, 0.1) is 5.92 Å². The Kier molecular flexibility index (Phi) is 6.34. The van der Waals surface area contributed by atoms with E-state index in [4.69, 9.17) is 5.11 Å². The van der Waals surface area contributed by atoms with Crippen molar-refractivity contribution in [2.75, 3.05) is 13.1 Å². The smallest absolute Gasteiger partial charge is 0.314 e. The number of urea groups is 1. The lowest BCUT2D eigenvalue weighted by Gasteiger charge is -2.11. The normalized spacial score (nSPS) is 11.8. The van der Waals surface area contributed by atoms with Crippen LogP contribution < -0.4 is 10.6 Å². The summed E-state index contributed by atoms with van der Waals surface area (Å²) in [6, 6.07) is -0.286. The molecule has 0 saturated carbocycles. The van der Waals surface area contributed by atoms with Crippen LogP contribution in [0.5, 0.6) is 0 Å². The van der Waals surface area contributed by atoms with Crippen molar-refractivity contribution in [2.45, 2.75) is 26.2 Å². The number of carbonyl (C=O) groups excluding carboxylic acids is 1. The maximum absolute atomic E-state index is 11.4. The summed E-state index contributed by atoms with van der Waals surface area (Å²) in [6.45, 7) is 2.75. The minimum Gasteiger partial charge on any atom is -0.481 e. The van der Waals surface area contributed by atoms with E-state index in [0.717, 1.165) is 0 Å². The first-order valence-electron chi connectivity index (χ1n) is 6.06. The van der Waals surface area contributed by atoms with Crippen LogP contribution in [0.2, 0.25) is 0 Å². The highest BCUT2D eigenvalue weighted by Crippen LogP contribution is 2.03. The van der Waals surface area contributed by atoms with Crippen LogP contribution in [0.3, 0.4) is 0 Å². The van der Waals surface area contributed by atoms with Crippen molar-refractivity contribution in [2.24, 2.45) is 5.92 Å². The van der Waals surface area contributed by atoms with E-state index >= 15 is 0 Å². The summed E-state index contributed by atoms with van der Waals surface area (Å²) in [4.78, 5) is 25.6. The molecule has 3 N–H and O–H groups in total. The molecule has 8 heteroatoms. The zero-order chi connectivity index (χ0) is 14.1. The molecule has 8 nitrogen and oxygen atoms in total. The van der Waals surface area contributed by atoms with Gasteiger partial charge in [0.2, 0.25) is 6.39 Å². The Morgan fingerprint density at radius 3 is 2.89 bits per heavy atom. The van der Waals surface area contributed by atoms with E-state index in [-0.39, 0.29) is 18.4 Å². The van der Waals surface area contributed by atoms with Gasteiger partial charge in [0.25, 0.3) is 0 Å². The zero-order valence-electron chi connectivity index (χ0n) is 10.8. The molecule has 0 spiro atoms. The van der Waals surface area contributed by atoms with Crippen LogP contribution in [0.1, 0.15) is 25.6 Å². The maximum Gasteiger partial charge on any atom is 0.314 e. The fourth-order valence-corrected chi connectivity index (χ4v) is 1.39. The Bertz CT molecular complexity index is 393. The quantitative estimate of drug-likeness (QED) is 0.630. The van der Waals surface area contributed by atoms with Crippen molar-refractivity contribution in [1.82, 2.24) is 20.8 Å². The minimum absolute atomic E-state index is 0.113. The lowest BCUT2D eigenvalue weighted by Crippen LogP contribution is -2.38. The molecule has 19 heavy (non-hydrogen) atoms. The average molecular weight is 270 g/mol. The molecule has 1 rings (SSSR count). The molecule has 0 saturated heterocycles. The SMILES string of the molecule is CC(CCC(=O)O)CNC(=O)NCCc1ncon1. The largest absolute Gasteiger partial charge is 0.481 e. The van der Waals surface area contributed by atoms with E-state index in [1.807, 2.05) is 6.92 Å². The van der Waals surface area contributed by atoms with Gasteiger partial charge in [-0.05, 0) is 12.3 Å². The number of nitrogens with one attached hydrogen (secondary N) is 2. The fourth-order valence-electron chi connectivity index (χ4n) is 1.39. The molecule has 1 aromatic rings. The number of amides is 2. The molecular formula is C11H18N4O4. The third kappa shape index (κ3) is 7.02. The first-order valence-corrected chi connectivity index (χ1v) is 6.06. The molecule has 0 aliphatic rings. The first-order chi connectivity index (χ1) is 9.08. The van der Waals surface area contributed by atoms with Crippen molar-refractivity contribution in [1.29, 1.82) is 0 Å². The van der Waals surface area contributed by atoms with Gasteiger partial charge in [-0.1, -0.05) is 12.1 Å². The summed E-state index contributed by atoms with van der Waals surface area (Å²) in [7, 11) is 0. The highest BCUT2D eigenvalue weighted by Gasteiger charge is 2.07. The van der Waals surface area contributed by atoms with E-state index in [0.29, 0.717) is 31.8 Å². The molecule has 1 aromatic heterocycles. The molecule has 0 aromatic carbocycles. The molecular weight excluding hydrogens is 252 g/mol. The predicted molar refractivity (Wildman–Crippen MR) is 65.4 cm³/mol. The summed E-state index contributed by atoms with van der Waals surface area (Å²) < 4.78 is 4.56. The third-order valence-corrected chi connectivity index (χ3v) is 2.50. The van der Waals surface area contributed by atoms with Gasteiger partial charge in [-0.15, -0.1) is 0 Å². The lowest BCUT2D eigenvalue weighted by molar-refractivity contribution is -0.137. The van der Waals surface area contributed by atoms with E-state index in [1.54, 1.807) is 0 Å². The molecule has 2 amide bonds. The second-order valence-electron chi connectivity index (χ2n) is 4.27. The van der Waals surface area contributed by atoms with Gasteiger partial charge in [-0.3, -0.25) is 4.79 Å². The van der Waals surface area contributed by atoms with Gasteiger partial charge in [0.05, 0.1) is 0 Å². The molecule has 0 bridgehead atoms. The summed E-state index contributed by atoms with van der Waals surface area (Å²) in [5, 5.41) is 17.5. The van der Waals surface area contributed by atoms with Gasteiger partial charge in [-0.25, -0.2) is 4.79 Å². The average Bonchev–Trinajstić information content (AvgIpc) is 2.87. The van der Waals surface area contributed by atoms with Gasteiger partial charge in [0, 0.05) is 25.9 Å². The number of aliphatic carboxylic acids is 1. The topological polar surface area (TPSA) is 117 Å². The van der Waals surface area contributed by atoms with E-state index in [9.17, 15) is 9.59 Å². The number of nitrogens with zero attached hydrogens (tertiary/aromatic N) is 2. The molecule has 0 aliphatic heterocycles. The van der Waals surface area contributed by atoms with Crippen molar-refractivity contribution in [3.8, 4) is 0 Å². The Morgan fingerprint density at radius 1 is 1.47 bits per heavy atom. The molecule has 1 heterocycles. The number of carbonyl (C=O) groups is 2. The zero-order valence-corrected chi connectivity index (χ0v) is 10.8. The van der Waals surface area contributed by atoms with Gasteiger partial charge in [-0.2, -0.15) is 4.98 Å². The Balaban J connectivity index is 2.05. The Hall–Kier alpha value is -2.12. The second-order valence-corrected chi connectivity index (χ2v) is 4.27. The number of aromatic nitrogens is 2.